The minimum absolute atomic E-state index is 0.0905. The molecule has 0 spiro atoms. The van der Waals surface area contributed by atoms with E-state index in [9.17, 15) is 4.79 Å². The molecular weight excluding hydrogens is 194 g/mol. The van der Waals surface area contributed by atoms with E-state index in [1.807, 2.05) is 6.92 Å². The van der Waals surface area contributed by atoms with Gasteiger partial charge in [0.25, 0.3) is 5.56 Å². The van der Waals surface area contributed by atoms with E-state index in [-0.39, 0.29) is 5.56 Å². The summed E-state index contributed by atoms with van der Waals surface area (Å²) in [4.78, 5) is 11.4. The van der Waals surface area contributed by atoms with Gasteiger partial charge in [-0.05, 0) is 12.6 Å². The SMILES string of the molecule is CCNCc1ccc(=O)n(CCOC)n1. The van der Waals surface area contributed by atoms with Crippen molar-refractivity contribution in [2.45, 2.75) is 20.0 Å². The molecule has 0 amide bonds. The molecule has 0 saturated carbocycles. The molecule has 5 heteroatoms. The molecule has 15 heavy (non-hydrogen) atoms. The molecule has 0 saturated heterocycles. The second-order valence-electron chi connectivity index (χ2n) is 3.16. The van der Waals surface area contributed by atoms with Gasteiger partial charge in [-0.1, -0.05) is 6.92 Å². The number of hydrogen-bond donors (Lipinski definition) is 1. The Labute approximate surface area is 89.1 Å². The van der Waals surface area contributed by atoms with E-state index in [1.165, 1.54) is 10.7 Å². The molecule has 1 heterocycles. The van der Waals surface area contributed by atoms with Gasteiger partial charge in [-0.3, -0.25) is 4.79 Å². The first-order chi connectivity index (χ1) is 7.27. The van der Waals surface area contributed by atoms with Crippen LogP contribution in [0.15, 0.2) is 16.9 Å². The molecule has 0 bridgehead atoms. The number of hydrogen-bond acceptors (Lipinski definition) is 4. The second kappa shape index (κ2) is 6.31. The van der Waals surface area contributed by atoms with Crippen LogP contribution in [0.3, 0.4) is 0 Å². The summed E-state index contributed by atoms with van der Waals surface area (Å²) in [5.74, 6) is 0. The van der Waals surface area contributed by atoms with Crippen LogP contribution >= 0.6 is 0 Å². The van der Waals surface area contributed by atoms with Crippen molar-refractivity contribution in [1.82, 2.24) is 15.1 Å². The maximum Gasteiger partial charge on any atom is 0.266 e. The van der Waals surface area contributed by atoms with Gasteiger partial charge in [0, 0.05) is 19.7 Å². The maximum atomic E-state index is 11.4. The van der Waals surface area contributed by atoms with Gasteiger partial charge in [0.1, 0.15) is 0 Å². The number of nitrogens with one attached hydrogen (secondary N) is 1. The second-order valence-corrected chi connectivity index (χ2v) is 3.16. The van der Waals surface area contributed by atoms with Crippen LogP contribution in [0.1, 0.15) is 12.6 Å². The summed E-state index contributed by atoms with van der Waals surface area (Å²) in [6.07, 6.45) is 0. The predicted molar refractivity (Wildman–Crippen MR) is 57.8 cm³/mol. The number of nitrogens with zero attached hydrogens (tertiary/aromatic N) is 2. The highest BCUT2D eigenvalue weighted by atomic mass is 16.5. The van der Waals surface area contributed by atoms with Gasteiger partial charge in [0.2, 0.25) is 0 Å². The molecular formula is C10H17N3O2. The zero-order valence-electron chi connectivity index (χ0n) is 9.19. The van der Waals surface area contributed by atoms with E-state index >= 15 is 0 Å². The summed E-state index contributed by atoms with van der Waals surface area (Å²) in [7, 11) is 1.60. The molecule has 0 fully saturated rings. The van der Waals surface area contributed by atoms with Crippen LogP contribution in [0.2, 0.25) is 0 Å². The Hall–Kier alpha value is -1.20. The first kappa shape index (κ1) is 11.9. The molecule has 1 aromatic heterocycles. The highest BCUT2D eigenvalue weighted by Crippen LogP contribution is 1.89. The van der Waals surface area contributed by atoms with Crippen LogP contribution in [0, 0.1) is 0 Å². The summed E-state index contributed by atoms with van der Waals surface area (Å²) in [6.45, 7) is 4.59. The van der Waals surface area contributed by atoms with Gasteiger partial charge in [-0.2, -0.15) is 5.10 Å². The van der Waals surface area contributed by atoms with Gasteiger partial charge < -0.3 is 10.1 Å². The van der Waals surface area contributed by atoms with Gasteiger partial charge in [0.15, 0.2) is 0 Å². The molecule has 0 atom stereocenters. The van der Waals surface area contributed by atoms with Crippen LogP contribution in [-0.2, 0) is 17.8 Å². The van der Waals surface area contributed by atoms with Gasteiger partial charge >= 0.3 is 0 Å². The molecule has 1 N–H and O–H groups in total. The molecule has 1 aromatic rings. The van der Waals surface area contributed by atoms with Crippen molar-refractivity contribution in [2.24, 2.45) is 0 Å². The fourth-order valence-electron chi connectivity index (χ4n) is 1.18. The summed E-state index contributed by atoms with van der Waals surface area (Å²) in [5, 5.41) is 7.37. The third-order valence-corrected chi connectivity index (χ3v) is 1.99. The van der Waals surface area contributed by atoms with E-state index in [0.717, 1.165) is 12.2 Å². The summed E-state index contributed by atoms with van der Waals surface area (Å²) in [6, 6.07) is 3.28. The van der Waals surface area contributed by atoms with E-state index < -0.39 is 0 Å². The molecule has 0 unspecified atom stereocenters. The Morgan fingerprint density at radius 2 is 2.33 bits per heavy atom. The van der Waals surface area contributed by atoms with Crippen molar-refractivity contribution in [3.63, 3.8) is 0 Å². The number of rotatable bonds is 6. The number of aromatic nitrogens is 2. The quantitative estimate of drug-likeness (QED) is 0.719. The minimum atomic E-state index is -0.0905. The first-order valence-electron chi connectivity index (χ1n) is 5.04. The van der Waals surface area contributed by atoms with E-state index in [4.69, 9.17) is 4.74 Å². The fourth-order valence-corrected chi connectivity index (χ4v) is 1.18. The van der Waals surface area contributed by atoms with Gasteiger partial charge in [-0.15, -0.1) is 0 Å². The lowest BCUT2D eigenvalue weighted by molar-refractivity contribution is 0.181. The average Bonchev–Trinajstić information content (AvgIpc) is 2.26. The van der Waals surface area contributed by atoms with Gasteiger partial charge in [-0.25, -0.2) is 4.68 Å². The van der Waals surface area contributed by atoms with Crippen LogP contribution < -0.4 is 10.9 Å². The lowest BCUT2D eigenvalue weighted by Crippen LogP contribution is -2.26. The van der Waals surface area contributed by atoms with Crippen molar-refractivity contribution in [3.8, 4) is 0 Å². The summed E-state index contributed by atoms with van der Waals surface area (Å²) in [5.41, 5.74) is 0.778. The molecule has 0 aliphatic heterocycles. The Bertz CT molecular complexity index is 349. The highest BCUT2D eigenvalue weighted by molar-refractivity contribution is 4.99. The standard InChI is InChI=1S/C10H17N3O2/c1-3-11-8-9-4-5-10(14)13(12-9)6-7-15-2/h4-5,11H,3,6-8H2,1-2H3. The third-order valence-electron chi connectivity index (χ3n) is 1.99. The van der Waals surface area contributed by atoms with E-state index in [1.54, 1.807) is 13.2 Å². The molecule has 84 valence electrons. The zero-order valence-corrected chi connectivity index (χ0v) is 9.19. The fraction of sp³-hybridized carbons (Fsp3) is 0.600. The van der Waals surface area contributed by atoms with Crippen LogP contribution in [0.5, 0.6) is 0 Å². The minimum Gasteiger partial charge on any atom is -0.383 e. The average molecular weight is 211 g/mol. The molecule has 0 aromatic carbocycles. The number of ether oxygens (including phenoxy) is 1. The number of methoxy groups -OCH3 is 1. The lowest BCUT2D eigenvalue weighted by atomic mass is 10.4. The predicted octanol–water partition coefficient (Wildman–Crippen LogP) is -0.000800. The first-order valence-corrected chi connectivity index (χ1v) is 5.04. The van der Waals surface area contributed by atoms with E-state index in [0.29, 0.717) is 19.7 Å². The van der Waals surface area contributed by atoms with Gasteiger partial charge in [0.05, 0.1) is 18.8 Å². The van der Waals surface area contributed by atoms with Crippen molar-refractivity contribution >= 4 is 0 Å². The summed E-state index contributed by atoms with van der Waals surface area (Å²) < 4.78 is 6.33. The largest absolute Gasteiger partial charge is 0.383 e. The Morgan fingerprint density at radius 1 is 1.53 bits per heavy atom. The molecule has 0 aliphatic rings. The molecule has 0 radical (unpaired) electrons. The maximum absolute atomic E-state index is 11.4. The monoisotopic (exact) mass is 211 g/mol. The van der Waals surface area contributed by atoms with Crippen LogP contribution in [-0.4, -0.2) is 30.0 Å². The topological polar surface area (TPSA) is 56.2 Å². The van der Waals surface area contributed by atoms with Crippen molar-refractivity contribution < 1.29 is 4.74 Å². The van der Waals surface area contributed by atoms with Crippen molar-refractivity contribution in [1.29, 1.82) is 0 Å². The Morgan fingerprint density at radius 3 is 3.00 bits per heavy atom. The van der Waals surface area contributed by atoms with Crippen molar-refractivity contribution in [3.05, 3.63) is 28.2 Å². The third kappa shape index (κ3) is 3.81. The zero-order chi connectivity index (χ0) is 11.1. The van der Waals surface area contributed by atoms with Crippen LogP contribution in [0.4, 0.5) is 0 Å². The lowest BCUT2D eigenvalue weighted by Gasteiger charge is -2.06. The van der Waals surface area contributed by atoms with Crippen LogP contribution in [0.25, 0.3) is 0 Å². The highest BCUT2D eigenvalue weighted by Gasteiger charge is 1.99. The van der Waals surface area contributed by atoms with E-state index in [2.05, 4.69) is 10.4 Å². The Kier molecular flexibility index (Phi) is 5.00. The van der Waals surface area contributed by atoms with Crippen molar-refractivity contribution in [2.75, 3.05) is 20.3 Å². The molecule has 0 aliphatic carbocycles. The smallest absolute Gasteiger partial charge is 0.266 e. The molecule has 1 rings (SSSR count). The Balaban J connectivity index is 2.71. The normalized spacial score (nSPS) is 10.5. The summed E-state index contributed by atoms with van der Waals surface area (Å²) >= 11 is 0. The molecule has 5 nitrogen and oxygen atoms in total.